The van der Waals surface area contributed by atoms with Crippen molar-refractivity contribution < 1.29 is 19.2 Å². The van der Waals surface area contributed by atoms with Gasteiger partial charge in [-0.05, 0) is 37.6 Å². The van der Waals surface area contributed by atoms with E-state index in [-0.39, 0.29) is 11.6 Å². The summed E-state index contributed by atoms with van der Waals surface area (Å²) < 4.78 is 10.8. The zero-order valence-corrected chi connectivity index (χ0v) is 13.6. The smallest absolute Gasteiger partial charge is 0.269 e. The molecule has 24 heavy (non-hydrogen) atoms. The SMILES string of the molecule is COc1ccccc1O[C@H](C)C(=O)Nc1ccc([N+](=O)[O-])cc1C. The molecule has 0 bridgehead atoms. The van der Waals surface area contributed by atoms with Crippen LogP contribution in [0.3, 0.4) is 0 Å². The molecule has 2 rings (SSSR count). The molecule has 0 aliphatic carbocycles. The fourth-order valence-corrected chi connectivity index (χ4v) is 2.10. The molecule has 0 saturated carbocycles. The van der Waals surface area contributed by atoms with Gasteiger partial charge in [0, 0.05) is 17.8 Å². The lowest BCUT2D eigenvalue weighted by atomic mass is 10.1. The quantitative estimate of drug-likeness (QED) is 0.648. The maximum atomic E-state index is 12.3. The Labute approximate surface area is 139 Å². The second kappa shape index (κ2) is 7.45. The number of rotatable bonds is 6. The summed E-state index contributed by atoms with van der Waals surface area (Å²) in [6.07, 6.45) is -0.768. The van der Waals surface area contributed by atoms with Crippen LogP contribution in [0.4, 0.5) is 11.4 Å². The molecule has 126 valence electrons. The first-order valence-corrected chi connectivity index (χ1v) is 7.28. The summed E-state index contributed by atoms with van der Waals surface area (Å²) in [5.41, 5.74) is 1.08. The molecule has 0 unspecified atom stereocenters. The molecule has 1 N–H and O–H groups in total. The van der Waals surface area contributed by atoms with E-state index in [1.165, 1.54) is 25.3 Å². The van der Waals surface area contributed by atoms with Gasteiger partial charge in [-0.25, -0.2) is 0 Å². The Balaban J connectivity index is 2.08. The highest BCUT2D eigenvalue weighted by molar-refractivity contribution is 5.94. The van der Waals surface area contributed by atoms with Crippen molar-refractivity contribution in [1.82, 2.24) is 0 Å². The first-order chi connectivity index (χ1) is 11.4. The van der Waals surface area contributed by atoms with Gasteiger partial charge in [0.25, 0.3) is 11.6 Å². The Morgan fingerprint density at radius 1 is 1.21 bits per heavy atom. The summed E-state index contributed by atoms with van der Waals surface area (Å²) in [6.45, 7) is 3.30. The van der Waals surface area contributed by atoms with Gasteiger partial charge in [0.15, 0.2) is 17.6 Å². The Bertz CT molecular complexity index is 760. The fourth-order valence-electron chi connectivity index (χ4n) is 2.10. The molecule has 0 fully saturated rings. The van der Waals surface area contributed by atoms with Crippen molar-refractivity contribution in [2.24, 2.45) is 0 Å². The van der Waals surface area contributed by atoms with Crippen LogP contribution in [0.2, 0.25) is 0 Å². The molecule has 7 nitrogen and oxygen atoms in total. The number of hydrogen-bond acceptors (Lipinski definition) is 5. The summed E-state index contributed by atoms with van der Waals surface area (Å²) >= 11 is 0. The Kier molecular flexibility index (Phi) is 5.36. The molecular formula is C17H18N2O5. The molecule has 0 radical (unpaired) electrons. The van der Waals surface area contributed by atoms with Crippen LogP contribution in [0.15, 0.2) is 42.5 Å². The third-order valence-electron chi connectivity index (χ3n) is 3.42. The van der Waals surface area contributed by atoms with Crippen LogP contribution in [0.5, 0.6) is 11.5 Å². The van der Waals surface area contributed by atoms with Gasteiger partial charge in [0.05, 0.1) is 12.0 Å². The highest BCUT2D eigenvalue weighted by Crippen LogP contribution is 2.27. The molecule has 1 atom stereocenters. The van der Waals surface area contributed by atoms with Gasteiger partial charge in [-0.15, -0.1) is 0 Å². The minimum Gasteiger partial charge on any atom is -0.493 e. The van der Waals surface area contributed by atoms with Gasteiger partial charge in [0.2, 0.25) is 0 Å². The normalized spacial score (nSPS) is 11.5. The summed E-state index contributed by atoms with van der Waals surface area (Å²) in [7, 11) is 1.52. The lowest BCUT2D eigenvalue weighted by Gasteiger charge is -2.17. The van der Waals surface area contributed by atoms with E-state index in [1.807, 2.05) is 0 Å². The van der Waals surface area contributed by atoms with Crippen LogP contribution >= 0.6 is 0 Å². The van der Waals surface area contributed by atoms with E-state index in [1.54, 1.807) is 38.1 Å². The van der Waals surface area contributed by atoms with E-state index < -0.39 is 11.0 Å². The number of anilines is 1. The van der Waals surface area contributed by atoms with E-state index in [0.29, 0.717) is 22.7 Å². The number of nitro groups is 1. The van der Waals surface area contributed by atoms with Crippen LogP contribution in [-0.2, 0) is 4.79 Å². The molecule has 0 aliphatic heterocycles. The molecular weight excluding hydrogens is 312 g/mol. The minimum atomic E-state index is -0.768. The summed E-state index contributed by atoms with van der Waals surface area (Å²) in [4.78, 5) is 22.5. The molecule has 0 saturated heterocycles. The average Bonchev–Trinajstić information content (AvgIpc) is 2.56. The second-order valence-corrected chi connectivity index (χ2v) is 5.16. The monoisotopic (exact) mass is 330 g/mol. The van der Waals surface area contributed by atoms with Crippen LogP contribution < -0.4 is 14.8 Å². The number of non-ortho nitro benzene ring substituents is 1. The summed E-state index contributed by atoms with van der Waals surface area (Å²) in [6, 6.07) is 11.3. The van der Waals surface area contributed by atoms with Gasteiger partial charge in [0.1, 0.15) is 0 Å². The number of nitrogens with zero attached hydrogens (tertiary/aromatic N) is 1. The van der Waals surface area contributed by atoms with Crippen LogP contribution in [0.1, 0.15) is 12.5 Å². The molecule has 7 heteroatoms. The lowest BCUT2D eigenvalue weighted by Crippen LogP contribution is -2.30. The standard InChI is InChI=1S/C17H18N2O5/c1-11-10-13(19(21)22)8-9-14(11)18-17(20)12(2)24-16-7-5-4-6-15(16)23-3/h4-10,12H,1-3H3,(H,18,20)/t12-/m1/s1. The predicted molar refractivity (Wildman–Crippen MR) is 89.5 cm³/mol. The van der Waals surface area contributed by atoms with Crippen molar-refractivity contribution in [3.63, 3.8) is 0 Å². The number of aryl methyl sites for hydroxylation is 1. The van der Waals surface area contributed by atoms with Crippen molar-refractivity contribution in [2.45, 2.75) is 20.0 Å². The third kappa shape index (κ3) is 4.01. The fraction of sp³-hybridized carbons (Fsp3) is 0.235. The van der Waals surface area contributed by atoms with Crippen molar-refractivity contribution >= 4 is 17.3 Å². The molecule has 1 amide bonds. The number of methoxy groups -OCH3 is 1. The van der Waals surface area contributed by atoms with Gasteiger partial charge < -0.3 is 14.8 Å². The maximum Gasteiger partial charge on any atom is 0.269 e. The van der Waals surface area contributed by atoms with Crippen molar-refractivity contribution in [2.75, 3.05) is 12.4 Å². The zero-order valence-electron chi connectivity index (χ0n) is 13.6. The molecule has 0 spiro atoms. The van der Waals surface area contributed by atoms with Gasteiger partial charge >= 0.3 is 0 Å². The Morgan fingerprint density at radius 2 is 1.88 bits per heavy atom. The van der Waals surface area contributed by atoms with E-state index in [9.17, 15) is 14.9 Å². The van der Waals surface area contributed by atoms with Crippen molar-refractivity contribution in [3.8, 4) is 11.5 Å². The second-order valence-electron chi connectivity index (χ2n) is 5.16. The number of nitro benzene ring substituents is 1. The van der Waals surface area contributed by atoms with Crippen molar-refractivity contribution in [3.05, 3.63) is 58.1 Å². The predicted octanol–water partition coefficient (Wildman–Crippen LogP) is 3.32. The van der Waals surface area contributed by atoms with Crippen LogP contribution in [-0.4, -0.2) is 24.0 Å². The maximum absolute atomic E-state index is 12.3. The number of nitrogens with one attached hydrogen (secondary N) is 1. The number of ether oxygens (including phenoxy) is 2. The number of benzene rings is 2. The lowest BCUT2D eigenvalue weighted by molar-refractivity contribution is -0.384. The molecule has 0 aliphatic rings. The summed E-state index contributed by atoms with van der Waals surface area (Å²) in [5, 5.41) is 13.5. The molecule has 2 aromatic carbocycles. The minimum absolute atomic E-state index is 0.0242. The first-order valence-electron chi connectivity index (χ1n) is 7.28. The molecule has 0 heterocycles. The number of para-hydroxylation sites is 2. The Hall–Kier alpha value is -3.09. The summed E-state index contributed by atoms with van der Waals surface area (Å²) in [5.74, 6) is 0.629. The molecule has 0 aromatic heterocycles. The molecule has 2 aromatic rings. The zero-order chi connectivity index (χ0) is 17.7. The third-order valence-corrected chi connectivity index (χ3v) is 3.42. The number of carbonyl (C=O) groups is 1. The first kappa shape index (κ1) is 17.3. The largest absolute Gasteiger partial charge is 0.493 e. The van der Waals surface area contributed by atoms with E-state index in [0.717, 1.165) is 0 Å². The van der Waals surface area contributed by atoms with Gasteiger partial charge in [-0.2, -0.15) is 0 Å². The topological polar surface area (TPSA) is 90.7 Å². The van der Waals surface area contributed by atoms with Crippen LogP contribution in [0, 0.1) is 17.0 Å². The number of hydrogen-bond donors (Lipinski definition) is 1. The number of carbonyl (C=O) groups excluding carboxylic acids is 1. The van der Waals surface area contributed by atoms with Gasteiger partial charge in [-0.3, -0.25) is 14.9 Å². The Morgan fingerprint density at radius 3 is 2.46 bits per heavy atom. The van der Waals surface area contributed by atoms with Gasteiger partial charge in [-0.1, -0.05) is 12.1 Å². The van der Waals surface area contributed by atoms with E-state index in [4.69, 9.17) is 9.47 Å². The number of amides is 1. The van der Waals surface area contributed by atoms with E-state index >= 15 is 0 Å². The van der Waals surface area contributed by atoms with E-state index in [2.05, 4.69) is 5.32 Å². The van der Waals surface area contributed by atoms with Crippen molar-refractivity contribution in [1.29, 1.82) is 0 Å². The average molecular weight is 330 g/mol. The highest BCUT2D eigenvalue weighted by Gasteiger charge is 2.18. The van der Waals surface area contributed by atoms with Crippen LogP contribution in [0.25, 0.3) is 0 Å². The highest BCUT2D eigenvalue weighted by atomic mass is 16.6.